The summed E-state index contributed by atoms with van der Waals surface area (Å²) in [5.74, 6) is 0.0690. The topological polar surface area (TPSA) is 33.2 Å². The molecule has 4 rings (SSSR count). The van der Waals surface area contributed by atoms with Gasteiger partial charge in [-0.2, -0.15) is 0 Å². The predicted molar refractivity (Wildman–Crippen MR) is 106 cm³/mol. The van der Waals surface area contributed by atoms with Crippen LogP contribution < -0.4 is 0 Å². The predicted octanol–water partition coefficient (Wildman–Crippen LogP) is 5.31. The van der Waals surface area contributed by atoms with E-state index in [9.17, 15) is 4.79 Å². The summed E-state index contributed by atoms with van der Waals surface area (Å²) in [6.45, 7) is 3.01. The van der Waals surface area contributed by atoms with Gasteiger partial charge in [0.05, 0.1) is 5.69 Å². The summed E-state index contributed by atoms with van der Waals surface area (Å²) in [6, 6.07) is 20.6. The Labute approximate surface area is 154 Å². The van der Waals surface area contributed by atoms with E-state index >= 15 is 0 Å². The molecule has 0 aliphatic carbocycles. The number of carbonyl (C=O) groups is 1. The zero-order valence-corrected chi connectivity index (χ0v) is 15.2. The first-order valence-corrected chi connectivity index (χ1v) is 9.54. The first-order valence-electron chi connectivity index (χ1n) is 9.54. The fourth-order valence-corrected chi connectivity index (χ4v) is 3.96. The molecule has 2 aromatic carbocycles. The normalized spacial score (nSPS) is 17.4. The summed E-state index contributed by atoms with van der Waals surface area (Å²) < 4.78 is 0. The van der Waals surface area contributed by atoms with Crippen LogP contribution in [0.5, 0.6) is 0 Å². The van der Waals surface area contributed by atoms with Gasteiger partial charge in [-0.25, -0.2) is 4.98 Å². The number of benzene rings is 2. The minimum Gasteiger partial charge on any atom is -0.334 e. The average Bonchev–Trinajstić information content (AvgIpc) is 2.73. The molecule has 26 heavy (non-hydrogen) atoms. The zero-order valence-electron chi connectivity index (χ0n) is 15.2. The number of hydrogen-bond acceptors (Lipinski definition) is 2. The highest BCUT2D eigenvalue weighted by Gasteiger charge is 2.27. The van der Waals surface area contributed by atoms with Crippen molar-refractivity contribution in [2.45, 2.75) is 38.6 Å². The van der Waals surface area contributed by atoms with Gasteiger partial charge in [0.2, 0.25) is 0 Å². The summed E-state index contributed by atoms with van der Waals surface area (Å²) in [7, 11) is 0. The van der Waals surface area contributed by atoms with Gasteiger partial charge in [0, 0.05) is 23.5 Å². The van der Waals surface area contributed by atoms with Crippen LogP contribution in [0.1, 0.15) is 43.1 Å². The Balaban J connectivity index is 1.82. The maximum atomic E-state index is 13.3. The third-order valence-electron chi connectivity index (χ3n) is 5.37. The highest BCUT2D eigenvalue weighted by atomic mass is 16.2. The van der Waals surface area contributed by atoms with Gasteiger partial charge in [-0.05, 0) is 37.1 Å². The molecule has 1 aliphatic rings. The van der Waals surface area contributed by atoms with E-state index in [1.807, 2.05) is 41.3 Å². The van der Waals surface area contributed by atoms with Crippen molar-refractivity contribution in [3.8, 4) is 11.3 Å². The summed E-state index contributed by atoms with van der Waals surface area (Å²) in [5, 5.41) is 2.15. The number of rotatable bonds is 3. The molecule has 0 saturated carbocycles. The van der Waals surface area contributed by atoms with E-state index in [0.29, 0.717) is 11.7 Å². The van der Waals surface area contributed by atoms with Gasteiger partial charge < -0.3 is 4.90 Å². The van der Waals surface area contributed by atoms with Gasteiger partial charge in [-0.15, -0.1) is 0 Å². The first kappa shape index (κ1) is 16.8. The molecule has 1 fully saturated rings. The number of amides is 1. The Kier molecular flexibility index (Phi) is 4.70. The second-order valence-corrected chi connectivity index (χ2v) is 7.00. The highest BCUT2D eigenvalue weighted by molar-refractivity contribution is 6.01. The molecule has 1 saturated heterocycles. The number of fused-ring (bicyclic) bond motifs is 1. The molecule has 0 radical (unpaired) electrons. The maximum absolute atomic E-state index is 13.3. The monoisotopic (exact) mass is 344 g/mol. The second-order valence-electron chi connectivity index (χ2n) is 7.00. The van der Waals surface area contributed by atoms with E-state index in [4.69, 9.17) is 4.98 Å². The van der Waals surface area contributed by atoms with Crippen molar-refractivity contribution >= 4 is 16.7 Å². The second kappa shape index (κ2) is 7.28. The van der Waals surface area contributed by atoms with Crippen molar-refractivity contribution in [2.24, 2.45) is 0 Å². The molecule has 1 unspecified atom stereocenters. The largest absolute Gasteiger partial charge is 0.334 e. The number of aromatic nitrogens is 1. The maximum Gasteiger partial charge on any atom is 0.272 e. The molecule has 132 valence electrons. The fraction of sp³-hybridized carbons (Fsp3) is 0.304. The van der Waals surface area contributed by atoms with Crippen LogP contribution in [0.3, 0.4) is 0 Å². The summed E-state index contributed by atoms with van der Waals surface area (Å²) in [5.41, 5.74) is 2.49. The molecule has 0 N–H and O–H groups in total. The van der Waals surface area contributed by atoms with E-state index in [1.54, 1.807) is 0 Å². The highest BCUT2D eigenvalue weighted by Crippen LogP contribution is 2.29. The Bertz CT molecular complexity index is 920. The number of nitrogens with zero attached hydrogens (tertiary/aromatic N) is 2. The van der Waals surface area contributed by atoms with E-state index < -0.39 is 0 Å². The fourth-order valence-electron chi connectivity index (χ4n) is 3.96. The molecule has 1 aliphatic heterocycles. The quantitative estimate of drug-likeness (QED) is 0.645. The van der Waals surface area contributed by atoms with E-state index in [-0.39, 0.29) is 5.91 Å². The van der Waals surface area contributed by atoms with Crippen LogP contribution in [0, 0.1) is 0 Å². The number of piperidine rings is 1. The number of pyridine rings is 1. The molecule has 0 bridgehead atoms. The smallest absolute Gasteiger partial charge is 0.272 e. The van der Waals surface area contributed by atoms with Crippen LogP contribution in [0.25, 0.3) is 22.0 Å². The lowest BCUT2D eigenvalue weighted by Crippen LogP contribution is -2.43. The van der Waals surface area contributed by atoms with Gasteiger partial charge in [-0.3, -0.25) is 4.79 Å². The van der Waals surface area contributed by atoms with Gasteiger partial charge in [0.1, 0.15) is 5.69 Å². The molecule has 3 heteroatoms. The zero-order chi connectivity index (χ0) is 17.9. The molecular formula is C23H24N2O. The lowest BCUT2D eigenvalue weighted by molar-refractivity contribution is 0.0602. The lowest BCUT2D eigenvalue weighted by Gasteiger charge is -2.35. The molecule has 1 amide bonds. The van der Waals surface area contributed by atoms with Crippen LogP contribution in [-0.4, -0.2) is 28.4 Å². The van der Waals surface area contributed by atoms with Crippen molar-refractivity contribution < 1.29 is 4.79 Å². The van der Waals surface area contributed by atoms with Crippen LogP contribution in [-0.2, 0) is 0 Å². The van der Waals surface area contributed by atoms with Crippen molar-refractivity contribution in [3.63, 3.8) is 0 Å². The minimum absolute atomic E-state index is 0.0690. The van der Waals surface area contributed by atoms with Crippen LogP contribution in [0.4, 0.5) is 0 Å². The van der Waals surface area contributed by atoms with Crippen molar-refractivity contribution in [1.82, 2.24) is 9.88 Å². The van der Waals surface area contributed by atoms with Crippen molar-refractivity contribution in [1.29, 1.82) is 0 Å². The Morgan fingerprint density at radius 2 is 1.85 bits per heavy atom. The van der Waals surface area contributed by atoms with Crippen molar-refractivity contribution in [3.05, 3.63) is 66.4 Å². The summed E-state index contributed by atoms with van der Waals surface area (Å²) in [6.07, 6.45) is 4.40. The molecule has 3 nitrogen and oxygen atoms in total. The van der Waals surface area contributed by atoms with Crippen LogP contribution >= 0.6 is 0 Å². The first-order chi connectivity index (χ1) is 12.8. The standard InChI is InChI=1S/C23H24N2O/c1-2-19-13-8-9-15-25(19)23(26)21-16-18-12-6-7-14-20(18)22(24-21)17-10-4-3-5-11-17/h3-7,10-12,14,16,19H,2,8-9,13,15H2,1H3. The van der Waals surface area contributed by atoms with E-state index in [2.05, 4.69) is 31.2 Å². The third-order valence-corrected chi connectivity index (χ3v) is 5.37. The third kappa shape index (κ3) is 3.10. The summed E-state index contributed by atoms with van der Waals surface area (Å²) >= 11 is 0. The van der Waals surface area contributed by atoms with Crippen LogP contribution in [0.15, 0.2) is 60.7 Å². The van der Waals surface area contributed by atoms with Gasteiger partial charge in [0.25, 0.3) is 5.91 Å². The van der Waals surface area contributed by atoms with Gasteiger partial charge in [0.15, 0.2) is 0 Å². The minimum atomic E-state index is 0.0690. The van der Waals surface area contributed by atoms with Gasteiger partial charge in [-0.1, -0.05) is 61.5 Å². The Morgan fingerprint density at radius 1 is 1.08 bits per heavy atom. The molecule has 1 aromatic heterocycles. The number of carbonyl (C=O) groups excluding carboxylic acids is 1. The number of hydrogen-bond donors (Lipinski definition) is 0. The van der Waals surface area contributed by atoms with E-state index in [1.165, 1.54) is 6.42 Å². The molecule has 3 aromatic rings. The van der Waals surface area contributed by atoms with Crippen LogP contribution in [0.2, 0.25) is 0 Å². The lowest BCUT2D eigenvalue weighted by atomic mass is 9.98. The molecule has 0 spiro atoms. The van der Waals surface area contributed by atoms with E-state index in [0.717, 1.165) is 47.8 Å². The average molecular weight is 344 g/mol. The molecule has 1 atom stereocenters. The molecular weight excluding hydrogens is 320 g/mol. The Morgan fingerprint density at radius 3 is 2.65 bits per heavy atom. The van der Waals surface area contributed by atoms with Gasteiger partial charge >= 0.3 is 0 Å². The summed E-state index contributed by atoms with van der Waals surface area (Å²) in [4.78, 5) is 20.1. The Hall–Kier alpha value is -2.68. The number of likely N-dealkylation sites (tertiary alicyclic amines) is 1. The molecule has 2 heterocycles. The SMILES string of the molecule is CCC1CCCCN1C(=O)c1cc2ccccc2c(-c2ccccc2)n1. The van der Waals surface area contributed by atoms with Crippen molar-refractivity contribution in [2.75, 3.05) is 6.54 Å².